The summed E-state index contributed by atoms with van der Waals surface area (Å²) in [6.07, 6.45) is 8.18. The topological polar surface area (TPSA) is 169 Å². The summed E-state index contributed by atoms with van der Waals surface area (Å²) in [5.74, 6) is 0.256. The smallest absolute Gasteiger partial charge is 0.247 e. The number of nitrogens with one attached hydrogen (secondary N) is 3. The van der Waals surface area contributed by atoms with E-state index >= 15 is 0 Å². The second-order valence-corrected chi connectivity index (χ2v) is 16.9. The highest BCUT2D eigenvalue weighted by Gasteiger charge is 2.29. The molecular formula is C49H54N10O4. The van der Waals surface area contributed by atoms with Crippen molar-refractivity contribution in [1.29, 1.82) is 5.26 Å². The van der Waals surface area contributed by atoms with Crippen LogP contribution in [-0.2, 0) is 25.7 Å². The predicted molar refractivity (Wildman–Crippen MR) is 240 cm³/mol. The lowest BCUT2D eigenvalue weighted by atomic mass is 9.90. The largest absolute Gasteiger partial charge is 0.369 e. The molecule has 5 aromatic rings. The van der Waals surface area contributed by atoms with Gasteiger partial charge in [0.15, 0.2) is 0 Å². The first-order valence-electron chi connectivity index (χ1n) is 22.0. The van der Waals surface area contributed by atoms with Crippen molar-refractivity contribution in [3.63, 3.8) is 0 Å². The zero-order valence-corrected chi connectivity index (χ0v) is 35.7. The number of carbonyl (C=O) groups excluding carboxylic acids is 4. The lowest BCUT2D eigenvalue weighted by Gasteiger charge is -2.39. The Bertz CT molecular complexity index is 2400. The number of likely N-dealkylation sites (tertiary alicyclic amines) is 1. The third-order valence-electron chi connectivity index (χ3n) is 12.7. The first kappa shape index (κ1) is 43.0. The number of piperidine rings is 2. The SMILES string of the molecule is C[C@H](CN[C@H](C(=O)Nc1ccc(-c2cnn(CC(=O)N3CCC(CN4CCN(c5ccc(C6CCC(=O)NC6=O)cc5)CC4)CC3)c2)cn1)c1ccccc1)c1ccc(C#N)cc1. The van der Waals surface area contributed by atoms with Crippen LogP contribution in [0.4, 0.5) is 11.5 Å². The van der Waals surface area contributed by atoms with Crippen molar-refractivity contribution >= 4 is 35.1 Å². The molecule has 0 aliphatic carbocycles. The minimum atomic E-state index is -0.607. The number of imide groups is 1. The van der Waals surface area contributed by atoms with Crippen molar-refractivity contribution in [3.8, 4) is 17.2 Å². The molecule has 63 heavy (non-hydrogen) atoms. The van der Waals surface area contributed by atoms with E-state index in [-0.39, 0.29) is 42.0 Å². The van der Waals surface area contributed by atoms with E-state index in [4.69, 9.17) is 5.26 Å². The number of hydrogen-bond donors (Lipinski definition) is 3. The van der Waals surface area contributed by atoms with Gasteiger partial charge in [-0.3, -0.25) is 34.1 Å². The highest BCUT2D eigenvalue weighted by atomic mass is 16.2. The molecule has 4 amide bonds. The first-order chi connectivity index (χ1) is 30.7. The van der Waals surface area contributed by atoms with Gasteiger partial charge in [0, 0.05) is 88.0 Å². The van der Waals surface area contributed by atoms with Crippen LogP contribution in [-0.4, -0.2) is 101 Å². The molecule has 324 valence electrons. The summed E-state index contributed by atoms with van der Waals surface area (Å²) in [4.78, 5) is 62.3. The standard InChI is InChI=1S/C49H54N10O4/c1-34(37-9-7-35(27-50)8-10-37)28-52-47(39-5-3-2-4-6-39)49(63)54-44-17-13-40(29-51-44)41-30-53-59(32-41)33-46(61)58-21-19-36(20-22-58)31-56-23-25-57(26-24-56)42-14-11-38(12-15-42)43-16-18-45(60)55-48(43)62/h2-15,17,29-30,32,34,36,43,47,52H,16,18-26,28,31,33H2,1H3,(H,51,54,63)(H,55,60,62)/t34-,43?,47+/m1/s1. The summed E-state index contributed by atoms with van der Waals surface area (Å²) in [6.45, 7) is 9.16. The molecule has 3 N–H and O–H groups in total. The van der Waals surface area contributed by atoms with E-state index in [1.54, 1.807) is 35.3 Å². The van der Waals surface area contributed by atoms with Gasteiger partial charge in [-0.1, -0.05) is 61.5 Å². The van der Waals surface area contributed by atoms with Crippen LogP contribution in [0.25, 0.3) is 11.1 Å². The molecule has 2 aromatic heterocycles. The Morgan fingerprint density at radius 2 is 1.59 bits per heavy atom. The number of anilines is 2. The van der Waals surface area contributed by atoms with E-state index in [1.165, 1.54) is 0 Å². The van der Waals surface area contributed by atoms with Gasteiger partial charge >= 0.3 is 0 Å². The Balaban J connectivity index is 0.767. The van der Waals surface area contributed by atoms with E-state index in [2.05, 4.69) is 61.0 Å². The van der Waals surface area contributed by atoms with E-state index in [0.29, 0.717) is 36.7 Å². The molecule has 3 fully saturated rings. The van der Waals surface area contributed by atoms with Gasteiger partial charge in [-0.05, 0) is 84.2 Å². The van der Waals surface area contributed by atoms with E-state index in [9.17, 15) is 19.2 Å². The van der Waals surface area contributed by atoms with Crippen LogP contribution >= 0.6 is 0 Å². The van der Waals surface area contributed by atoms with Crippen LogP contribution in [0.1, 0.15) is 72.7 Å². The molecule has 14 nitrogen and oxygen atoms in total. The van der Waals surface area contributed by atoms with Crippen LogP contribution in [0, 0.1) is 17.2 Å². The number of benzene rings is 3. The molecule has 3 atom stereocenters. The lowest BCUT2D eigenvalue weighted by Crippen LogP contribution is -2.49. The molecule has 0 radical (unpaired) electrons. The first-order valence-corrected chi connectivity index (χ1v) is 22.0. The highest BCUT2D eigenvalue weighted by Crippen LogP contribution is 2.28. The molecule has 3 saturated heterocycles. The molecule has 3 aromatic carbocycles. The van der Waals surface area contributed by atoms with Crippen molar-refractivity contribution in [3.05, 3.63) is 132 Å². The number of aromatic nitrogens is 3. The number of amides is 4. The molecule has 3 aliphatic heterocycles. The number of carbonyl (C=O) groups is 4. The van der Waals surface area contributed by atoms with Crippen LogP contribution in [0.2, 0.25) is 0 Å². The Hall–Kier alpha value is -6.69. The number of hydrogen-bond acceptors (Lipinski definition) is 10. The molecule has 8 rings (SSSR count). The van der Waals surface area contributed by atoms with Crippen molar-refractivity contribution in [2.75, 3.05) is 62.6 Å². The molecule has 3 aliphatic rings. The van der Waals surface area contributed by atoms with Gasteiger partial charge in [-0.25, -0.2) is 4.98 Å². The third-order valence-corrected chi connectivity index (χ3v) is 12.7. The maximum Gasteiger partial charge on any atom is 0.247 e. The summed E-state index contributed by atoms with van der Waals surface area (Å²) >= 11 is 0. The predicted octanol–water partition coefficient (Wildman–Crippen LogP) is 5.47. The van der Waals surface area contributed by atoms with Gasteiger partial charge in [0.1, 0.15) is 18.4 Å². The van der Waals surface area contributed by atoms with Gasteiger partial charge in [0.2, 0.25) is 23.6 Å². The molecule has 1 unspecified atom stereocenters. The second kappa shape index (κ2) is 20.0. The van der Waals surface area contributed by atoms with Crippen LogP contribution in [0.3, 0.4) is 0 Å². The lowest BCUT2D eigenvalue weighted by molar-refractivity contribution is -0.135. The zero-order chi connectivity index (χ0) is 43.7. The Morgan fingerprint density at radius 3 is 2.27 bits per heavy atom. The van der Waals surface area contributed by atoms with E-state index in [0.717, 1.165) is 92.2 Å². The molecular weight excluding hydrogens is 793 g/mol. The number of nitriles is 1. The van der Waals surface area contributed by atoms with Crippen molar-refractivity contribution in [2.45, 2.75) is 57.0 Å². The number of pyridine rings is 1. The van der Waals surface area contributed by atoms with Crippen molar-refractivity contribution in [1.82, 2.24) is 35.2 Å². The van der Waals surface area contributed by atoms with Crippen molar-refractivity contribution in [2.24, 2.45) is 5.92 Å². The van der Waals surface area contributed by atoms with Crippen molar-refractivity contribution < 1.29 is 19.2 Å². The molecule has 14 heteroatoms. The summed E-state index contributed by atoms with van der Waals surface area (Å²) in [5.41, 5.74) is 6.29. The van der Waals surface area contributed by atoms with Crippen LogP contribution < -0.4 is 20.9 Å². The van der Waals surface area contributed by atoms with Crippen LogP contribution in [0.5, 0.6) is 0 Å². The van der Waals surface area contributed by atoms with Gasteiger partial charge in [-0.15, -0.1) is 0 Å². The molecule has 0 spiro atoms. The molecule has 0 bridgehead atoms. The fourth-order valence-electron chi connectivity index (χ4n) is 8.83. The molecule has 5 heterocycles. The van der Waals surface area contributed by atoms with Gasteiger partial charge < -0.3 is 20.4 Å². The number of rotatable bonds is 14. The highest BCUT2D eigenvalue weighted by molar-refractivity contribution is 6.01. The third kappa shape index (κ3) is 10.9. The Labute approximate surface area is 368 Å². The quantitative estimate of drug-likeness (QED) is 0.122. The second-order valence-electron chi connectivity index (χ2n) is 16.9. The minimum absolute atomic E-state index is 0.0596. The summed E-state index contributed by atoms with van der Waals surface area (Å²) < 4.78 is 1.68. The minimum Gasteiger partial charge on any atom is -0.369 e. The van der Waals surface area contributed by atoms with Crippen LogP contribution in [0.15, 0.2) is 110 Å². The summed E-state index contributed by atoms with van der Waals surface area (Å²) in [7, 11) is 0. The summed E-state index contributed by atoms with van der Waals surface area (Å²) in [6, 6.07) is 30.5. The maximum absolute atomic E-state index is 13.6. The fourth-order valence-corrected chi connectivity index (χ4v) is 8.83. The maximum atomic E-state index is 13.6. The van der Waals surface area contributed by atoms with Gasteiger partial charge in [0.05, 0.1) is 23.7 Å². The average molecular weight is 847 g/mol. The van der Waals surface area contributed by atoms with E-state index < -0.39 is 6.04 Å². The fraction of sp³-hybridized carbons (Fsp3) is 0.367. The monoisotopic (exact) mass is 846 g/mol. The van der Waals surface area contributed by atoms with E-state index in [1.807, 2.05) is 71.8 Å². The number of nitrogens with zero attached hydrogens (tertiary/aromatic N) is 7. The van der Waals surface area contributed by atoms with Gasteiger partial charge in [-0.2, -0.15) is 10.4 Å². The zero-order valence-electron chi connectivity index (χ0n) is 35.7. The van der Waals surface area contributed by atoms with Gasteiger partial charge in [0.25, 0.3) is 0 Å². The Kier molecular flexibility index (Phi) is 13.6. The Morgan fingerprint density at radius 1 is 0.841 bits per heavy atom. The summed E-state index contributed by atoms with van der Waals surface area (Å²) in [5, 5.41) is 22.5. The normalized spacial score (nSPS) is 18.3. The molecule has 0 saturated carbocycles. The number of piperazine rings is 1. The average Bonchev–Trinajstić information content (AvgIpc) is 3.78.